The molecule has 1 aromatic carbocycles. The lowest BCUT2D eigenvalue weighted by atomic mass is 9.88. The molecule has 4 heteroatoms. The molecule has 0 heterocycles. The van der Waals surface area contributed by atoms with E-state index in [1.165, 1.54) is 11.1 Å². The van der Waals surface area contributed by atoms with Crippen LogP contribution in [0.5, 0.6) is 0 Å². The van der Waals surface area contributed by atoms with Crippen LogP contribution in [0.25, 0.3) is 0 Å². The maximum absolute atomic E-state index is 12.4. The second kappa shape index (κ2) is 5.86. The molecule has 3 nitrogen and oxygen atoms in total. The van der Waals surface area contributed by atoms with E-state index in [1.807, 2.05) is 12.1 Å². The second-order valence-corrected chi connectivity index (χ2v) is 8.68. The molecule has 1 aliphatic carbocycles. The number of rotatable bonds is 6. The summed E-state index contributed by atoms with van der Waals surface area (Å²) in [6.45, 7) is 4.75. The predicted molar refractivity (Wildman–Crippen MR) is 82.6 cm³/mol. The fourth-order valence-electron chi connectivity index (χ4n) is 2.70. The van der Waals surface area contributed by atoms with Crippen molar-refractivity contribution in [2.45, 2.75) is 50.8 Å². The summed E-state index contributed by atoms with van der Waals surface area (Å²) in [6.07, 6.45) is 4.75. The Balaban J connectivity index is 2.04. The van der Waals surface area contributed by atoms with Crippen LogP contribution >= 0.6 is 0 Å². The Kier molecular flexibility index (Phi) is 4.55. The van der Waals surface area contributed by atoms with Crippen LogP contribution in [0.15, 0.2) is 23.1 Å². The number of sulfone groups is 1. The van der Waals surface area contributed by atoms with Crippen LogP contribution in [0.1, 0.15) is 44.2 Å². The maximum Gasteiger partial charge on any atom is 0.178 e. The van der Waals surface area contributed by atoms with Gasteiger partial charge in [0.25, 0.3) is 0 Å². The fraction of sp³-hybridized carbons (Fsp3) is 0.625. The molecule has 0 amide bonds. The molecule has 0 unspecified atom stereocenters. The summed E-state index contributed by atoms with van der Waals surface area (Å²) in [7, 11) is -3.15. The van der Waals surface area contributed by atoms with Gasteiger partial charge in [-0.15, -0.1) is 0 Å². The normalized spacial score (nSPS) is 15.3. The number of hydrogen-bond acceptors (Lipinski definition) is 3. The second-order valence-electron chi connectivity index (χ2n) is 6.57. The Morgan fingerprint density at radius 3 is 2.60 bits per heavy atom. The van der Waals surface area contributed by atoms with Crippen molar-refractivity contribution in [2.75, 3.05) is 12.3 Å². The highest BCUT2D eigenvalue weighted by Gasteiger charge is 2.21. The van der Waals surface area contributed by atoms with Gasteiger partial charge in [0.15, 0.2) is 9.84 Å². The molecule has 2 rings (SSSR count). The van der Waals surface area contributed by atoms with Crippen molar-refractivity contribution in [1.82, 2.24) is 0 Å². The zero-order chi connectivity index (χ0) is 14.8. The van der Waals surface area contributed by atoms with E-state index in [1.54, 1.807) is 6.07 Å². The molecule has 0 bridgehead atoms. The van der Waals surface area contributed by atoms with Crippen molar-refractivity contribution < 1.29 is 8.42 Å². The molecule has 0 spiro atoms. The third kappa shape index (κ3) is 3.61. The van der Waals surface area contributed by atoms with Gasteiger partial charge in [-0.25, -0.2) is 8.42 Å². The number of nitrogens with two attached hydrogens (primary N) is 1. The lowest BCUT2D eigenvalue weighted by molar-refractivity contribution is 0.344. The first-order valence-corrected chi connectivity index (χ1v) is 9.04. The van der Waals surface area contributed by atoms with Crippen molar-refractivity contribution in [3.8, 4) is 0 Å². The first kappa shape index (κ1) is 15.5. The minimum absolute atomic E-state index is 0.0213. The van der Waals surface area contributed by atoms with E-state index in [0.717, 1.165) is 25.7 Å². The van der Waals surface area contributed by atoms with Crippen LogP contribution in [0.3, 0.4) is 0 Å². The Bertz CT molecular complexity index is 576. The highest BCUT2D eigenvalue weighted by Crippen LogP contribution is 2.26. The van der Waals surface area contributed by atoms with E-state index >= 15 is 0 Å². The van der Waals surface area contributed by atoms with E-state index in [-0.39, 0.29) is 11.2 Å². The van der Waals surface area contributed by atoms with Gasteiger partial charge in [-0.05, 0) is 67.3 Å². The third-order valence-corrected chi connectivity index (χ3v) is 6.05. The third-order valence-electron chi connectivity index (χ3n) is 4.25. The van der Waals surface area contributed by atoms with Crippen molar-refractivity contribution in [3.63, 3.8) is 0 Å². The van der Waals surface area contributed by atoms with Crippen LogP contribution in [0, 0.1) is 5.41 Å². The maximum atomic E-state index is 12.4. The quantitative estimate of drug-likeness (QED) is 0.878. The summed E-state index contributed by atoms with van der Waals surface area (Å²) < 4.78 is 24.7. The molecular weight excluding hydrogens is 270 g/mol. The summed E-state index contributed by atoms with van der Waals surface area (Å²) in [5.41, 5.74) is 8.23. The zero-order valence-corrected chi connectivity index (χ0v) is 13.3. The van der Waals surface area contributed by atoms with Crippen molar-refractivity contribution in [2.24, 2.45) is 11.1 Å². The molecule has 1 aromatic rings. The monoisotopic (exact) mass is 295 g/mol. The Hall–Kier alpha value is -0.870. The molecule has 112 valence electrons. The smallest absolute Gasteiger partial charge is 0.178 e. The molecular formula is C16H25NO2S. The highest BCUT2D eigenvalue weighted by molar-refractivity contribution is 7.91. The standard InChI is InChI=1S/C16H25NO2S/c1-16(2,12-17)9-4-10-20(18,19)15-8-7-13-5-3-6-14(13)11-15/h7-8,11H,3-6,9-10,12,17H2,1-2H3. The summed E-state index contributed by atoms with van der Waals surface area (Å²) in [4.78, 5) is 0.490. The number of aryl methyl sites for hydroxylation is 2. The van der Waals surface area contributed by atoms with E-state index in [4.69, 9.17) is 5.73 Å². The molecule has 0 aliphatic heterocycles. The Labute approximate surface area is 122 Å². The molecule has 0 radical (unpaired) electrons. The van der Waals surface area contributed by atoms with Gasteiger partial charge in [0, 0.05) is 0 Å². The first-order chi connectivity index (χ1) is 9.34. The van der Waals surface area contributed by atoms with Crippen LogP contribution in [-0.4, -0.2) is 20.7 Å². The predicted octanol–water partition coefficient (Wildman–Crippen LogP) is 2.71. The van der Waals surface area contributed by atoms with Gasteiger partial charge in [0.2, 0.25) is 0 Å². The molecule has 2 N–H and O–H groups in total. The lowest BCUT2D eigenvalue weighted by Crippen LogP contribution is -2.24. The van der Waals surface area contributed by atoms with Crippen LogP contribution in [-0.2, 0) is 22.7 Å². The average molecular weight is 295 g/mol. The molecule has 0 aromatic heterocycles. The molecule has 20 heavy (non-hydrogen) atoms. The average Bonchev–Trinajstić information content (AvgIpc) is 2.85. The van der Waals surface area contributed by atoms with Crippen LogP contribution < -0.4 is 5.73 Å². The van der Waals surface area contributed by atoms with Gasteiger partial charge >= 0.3 is 0 Å². The molecule has 1 aliphatic rings. The van der Waals surface area contributed by atoms with Gasteiger partial charge in [0.05, 0.1) is 10.6 Å². The first-order valence-electron chi connectivity index (χ1n) is 7.39. The topological polar surface area (TPSA) is 60.2 Å². The minimum Gasteiger partial charge on any atom is -0.330 e. The zero-order valence-electron chi connectivity index (χ0n) is 12.5. The van der Waals surface area contributed by atoms with Gasteiger partial charge in [-0.1, -0.05) is 19.9 Å². The minimum atomic E-state index is -3.15. The van der Waals surface area contributed by atoms with Crippen LogP contribution in [0.4, 0.5) is 0 Å². The van der Waals surface area contributed by atoms with E-state index in [2.05, 4.69) is 13.8 Å². The lowest BCUT2D eigenvalue weighted by Gasteiger charge is -2.21. The number of hydrogen-bond donors (Lipinski definition) is 1. The molecule has 0 atom stereocenters. The summed E-state index contributed by atoms with van der Waals surface area (Å²) in [5.74, 6) is 0.217. The van der Waals surface area contributed by atoms with Gasteiger partial charge in [-0.3, -0.25) is 0 Å². The largest absolute Gasteiger partial charge is 0.330 e. The van der Waals surface area contributed by atoms with Crippen molar-refractivity contribution in [1.29, 1.82) is 0 Å². The number of benzene rings is 1. The summed E-state index contributed by atoms with van der Waals surface area (Å²) >= 11 is 0. The van der Waals surface area contributed by atoms with Gasteiger partial charge < -0.3 is 5.73 Å². The Morgan fingerprint density at radius 1 is 1.20 bits per heavy atom. The van der Waals surface area contributed by atoms with Crippen molar-refractivity contribution >= 4 is 9.84 Å². The van der Waals surface area contributed by atoms with Gasteiger partial charge in [0.1, 0.15) is 0 Å². The molecule has 0 fully saturated rings. The fourth-order valence-corrected chi connectivity index (χ4v) is 4.06. The van der Waals surface area contributed by atoms with Crippen molar-refractivity contribution in [3.05, 3.63) is 29.3 Å². The molecule has 0 saturated carbocycles. The number of fused-ring (bicyclic) bond motifs is 1. The highest BCUT2D eigenvalue weighted by atomic mass is 32.2. The summed E-state index contributed by atoms with van der Waals surface area (Å²) in [6, 6.07) is 5.64. The SMILES string of the molecule is CC(C)(CN)CCCS(=O)(=O)c1ccc2c(c1)CCC2. The van der Waals surface area contributed by atoms with Gasteiger partial charge in [-0.2, -0.15) is 0 Å². The van der Waals surface area contributed by atoms with Crippen LogP contribution in [0.2, 0.25) is 0 Å². The summed E-state index contributed by atoms with van der Waals surface area (Å²) in [5, 5.41) is 0. The van der Waals surface area contributed by atoms with E-state index < -0.39 is 9.84 Å². The van der Waals surface area contributed by atoms with E-state index in [0.29, 0.717) is 17.9 Å². The van der Waals surface area contributed by atoms with E-state index in [9.17, 15) is 8.42 Å². The molecule has 0 saturated heterocycles. The Morgan fingerprint density at radius 2 is 1.90 bits per heavy atom.